The van der Waals surface area contributed by atoms with Gasteiger partial charge in [-0.25, -0.2) is 9.40 Å². The Balaban J connectivity index is 1.93. The molecule has 1 amide bonds. The predicted octanol–water partition coefficient (Wildman–Crippen LogP) is 4.33. The van der Waals surface area contributed by atoms with Gasteiger partial charge in [0.15, 0.2) is 0 Å². The van der Waals surface area contributed by atoms with Gasteiger partial charge in [-0.2, -0.15) is 5.10 Å². The molecule has 0 fully saturated rings. The van der Waals surface area contributed by atoms with E-state index in [9.17, 15) is 9.18 Å². The van der Waals surface area contributed by atoms with Gasteiger partial charge in [0.25, 0.3) is 5.91 Å². The van der Waals surface area contributed by atoms with E-state index >= 15 is 0 Å². The number of rotatable bonds is 2. The van der Waals surface area contributed by atoms with Crippen molar-refractivity contribution in [3.05, 3.63) is 59.4 Å². The fraction of sp³-hybridized carbons (Fsp3) is 0.368. The van der Waals surface area contributed by atoms with Crippen LogP contribution in [0, 0.1) is 11.7 Å². The Labute approximate surface area is 136 Å². The van der Waals surface area contributed by atoms with Gasteiger partial charge in [0.1, 0.15) is 5.82 Å². The first kappa shape index (κ1) is 15.7. The van der Waals surface area contributed by atoms with Gasteiger partial charge in [0, 0.05) is 12.0 Å². The molecule has 4 heteroatoms. The number of halogens is 1. The Morgan fingerprint density at radius 3 is 2.87 bits per heavy atom. The van der Waals surface area contributed by atoms with E-state index in [1.807, 2.05) is 19.9 Å². The summed E-state index contributed by atoms with van der Waals surface area (Å²) in [4.78, 5) is 12.7. The molecule has 0 radical (unpaired) electrons. The van der Waals surface area contributed by atoms with Crippen molar-refractivity contribution in [3.8, 4) is 0 Å². The normalized spacial score (nSPS) is 22.8. The Kier molecular flexibility index (Phi) is 3.92. The van der Waals surface area contributed by atoms with Crippen LogP contribution in [0.15, 0.2) is 53.2 Å². The third-order valence-corrected chi connectivity index (χ3v) is 4.42. The fourth-order valence-electron chi connectivity index (χ4n) is 3.13. The second-order valence-corrected chi connectivity index (χ2v) is 6.85. The molecule has 0 bridgehead atoms. The summed E-state index contributed by atoms with van der Waals surface area (Å²) in [7, 11) is 0. The van der Waals surface area contributed by atoms with Crippen LogP contribution in [0.25, 0.3) is 0 Å². The third kappa shape index (κ3) is 2.98. The highest BCUT2D eigenvalue weighted by molar-refractivity contribution is 6.05. The zero-order valence-electron chi connectivity index (χ0n) is 13.7. The number of benzene rings is 1. The van der Waals surface area contributed by atoms with Crippen molar-refractivity contribution < 1.29 is 9.18 Å². The van der Waals surface area contributed by atoms with E-state index in [1.54, 1.807) is 12.1 Å². The molecule has 0 N–H and O–H groups in total. The summed E-state index contributed by atoms with van der Waals surface area (Å²) in [6.07, 6.45) is 7.97. The molecule has 1 heterocycles. The molecule has 0 aromatic heterocycles. The Bertz CT molecular complexity index is 731. The quantitative estimate of drug-likeness (QED) is 0.800. The number of carbonyl (C=O) groups is 1. The molecule has 23 heavy (non-hydrogen) atoms. The van der Waals surface area contributed by atoms with Crippen molar-refractivity contribution in [2.75, 3.05) is 0 Å². The minimum absolute atomic E-state index is 0.260. The van der Waals surface area contributed by atoms with E-state index in [0.29, 0.717) is 17.9 Å². The van der Waals surface area contributed by atoms with Crippen molar-refractivity contribution in [1.82, 2.24) is 5.01 Å². The number of hydrazone groups is 1. The molecule has 1 atom stereocenters. The first-order valence-corrected chi connectivity index (χ1v) is 7.93. The van der Waals surface area contributed by atoms with Crippen LogP contribution in [0.3, 0.4) is 0 Å². The topological polar surface area (TPSA) is 32.7 Å². The van der Waals surface area contributed by atoms with Gasteiger partial charge < -0.3 is 0 Å². The zero-order valence-corrected chi connectivity index (χ0v) is 13.7. The third-order valence-electron chi connectivity index (χ3n) is 4.42. The van der Waals surface area contributed by atoms with Crippen LogP contribution >= 0.6 is 0 Å². The van der Waals surface area contributed by atoms with E-state index < -0.39 is 11.4 Å². The molecule has 3 nitrogen and oxygen atoms in total. The lowest BCUT2D eigenvalue weighted by atomic mass is 9.85. The Morgan fingerprint density at radius 2 is 2.17 bits per heavy atom. The summed E-state index contributed by atoms with van der Waals surface area (Å²) >= 11 is 0. The van der Waals surface area contributed by atoms with E-state index in [0.717, 1.165) is 12.1 Å². The molecule has 1 aliphatic heterocycles. The molecule has 3 rings (SSSR count). The minimum atomic E-state index is -0.416. The van der Waals surface area contributed by atoms with Crippen molar-refractivity contribution in [3.63, 3.8) is 0 Å². The smallest absolute Gasteiger partial charge is 0.267 e. The first-order valence-electron chi connectivity index (χ1n) is 7.93. The molecule has 1 aliphatic carbocycles. The highest BCUT2D eigenvalue weighted by atomic mass is 19.1. The van der Waals surface area contributed by atoms with Crippen LogP contribution in [0.1, 0.15) is 44.0 Å². The lowest BCUT2D eigenvalue weighted by Crippen LogP contribution is -2.40. The second-order valence-electron chi connectivity index (χ2n) is 6.85. The van der Waals surface area contributed by atoms with E-state index in [4.69, 9.17) is 0 Å². The van der Waals surface area contributed by atoms with Crippen LogP contribution < -0.4 is 0 Å². The van der Waals surface area contributed by atoms with Crippen molar-refractivity contribution in [1.29, 1.82) is 0 Å². The molecule has 1 unspecified atom stereocenters. The van der Waals surface area contributed by atoms with Crippen LogP contribution in [0.4, 0.5) is 4.39 Å². The summed E-state index contributed by atoms with van der Waals surface area (Å²) in [6.45, 7) is 6.15. The maximum atomic E-state index is 13.4. The molecule has 2 aliphatic rings. The average Bonchev–Trinajstić information content (AvgIpc) is 2.82. The lowest BCUT2D eigenvalue weighted by molar-refractivity contribution is 0.0612. The fourth-order valence-corrected chi connectivity index (χ4v) is 3.13. The number of allylic oxidation sites excluding steroid dienone is 4. The molecule has 0 spiro atoms. The number of carbonyl (C=O) groups excluding carboxylic acids is 1. The Morgan fingerprint density at radius 1 is 1.39 bits per heavy atom. The molecule has 0 saturated carbocycles. The minimum Gasteiger partial charge on any atom is -0.267 e. The molecular formula is C19H21FN2O. The standard InChI is InChI=1S/C19H21FN2O/c1-13-7-4-5-10-16(13)17-12-19(2,3)22(21-17)18(23)14-8-6-9-15(20)11-14/h4-6,8-11,13H,7,12H2,1-3H3. The number of hydrogen-bond acceptors (Lipinski definition) is 2. The number of hydrogen-bond donors (Lipinski definition) is 0. The van der Waals surface area contributed by atoms with E-state index in [1.165, 1.54) is 22.7 Å². The van der Waals surface area contributed by atoms with Crippen LogP contribution in [-0.2, 0) is 0 Å². The van der Waals surface area contributed by atoms with Gasteiger partial charge in [-0.1, -0.05) is 31.2 Å². The predicted molar refractivity (Wildman–Crippen MR) is 89.7 cm³/mol. The molecule has 1 aromatic carbocycles. The van der Waals surface area contributed by atoms with Gasteiger partial charge in [-0.3, -0.25) is 4.79 Å². The van der Waals surface area contributed by atoms with Crippen molar-refractivity contribution in [2.24, 2.45) is 11.0 Å². The van der Waals surface area contributed by atoms with Gasteiger partial charge in [-0.05, 0) is 50.0 Å². The number of nitrogens with zero attached hydrogens (tertiary/aromatic N) is 2. The van der Waals surface area contributed by atoms with Gasteiger partial charge in [0.2, 0.25) is 0 Å². The second kappa shape index (κ2) is 5.76. The summed E-state index contributed by atoms with van der Waals surface area (Å²) in [5, 5.41) is 6.10. The van der Waals surface area contributed by atoms with Crippen LogP contribution in [-0.4, -0.2) is 22.2 Å². The molecule has 120 valence electrons. The summed E-state index contributed by atoms with van der Waals surface area (Å²) in [6, 6.07) is 5.77. The van der Waals surface area contributed by atoms with E-state index in [2.05, 4.69) is 24.2 Å². The van der Waals surface area contributed by atoms with Crippen molar-refractivity contribution >= 4 is 11.6 Å². The molecular weight excluding hydrogens is 291 g/mol. The average molecular weight is 312 g/mol. The maximum absolute atomic E-state index is 13.4. The summed E-state index contributed by atoms with van der Waals surface area (Å²) in [5.74, 6) is -0.270. The monoisotopic (exact) mass is 312 g/mol. The molecule has 0 saturated heterocycles. The van der Waals surface area contributed by atoms with Gasteiger partial charge in [0.05, 0.1) is 11.3 Å². The molecule has 1 aromatic rings. The SMILES string of the molecule is CC1CC=CC=C1C1=NN(C(=O)c2cccc(F)c2)C(C)(C)C1. The van der Waals surface area contributed by atoms with Gasteiger partial charge in [-0.15, -0.1) is 0 Å². The van der Waals surface area contributed by atoms with E-state index in [-0.39, 0.29) is 5.91 Å². The first-order chi connectivity index (χ1) is 10.9. The zero-order chi connectivity index (χ0) is 16.6. The summed E-state index contributed by atoms with van der Waals surface area (Å²) in [5.41, 5.74) is 2.06. The lowest BCUT2D eigenvalue weighted by Gasteiger charge is -2.28. The van der Waals surface area contributed by atoms with Crippen molar-refractivity contribution in [2.45, 2.75) is 39.2 Å². The van der Waals surface area contributed by atoms with Crippen LogP contribution in [0.5, 0.6) is 0 Å². The largest absolute Gasteiger partial charge is 0.274 e. The van der Waals surface area contributed by atoms with Crippen LogP contribution in [0.2, 0.25) is 0 Å². The highest BCUT2D eigenvalue weighted by Gasteiger charge is 2.40. The number of amides is 1. The Hall–Kier alpha value is -2.23. The highest BCUT2D eigenvalue weighted by Crippen LogP contribution is 2.34. The maximum Gasteiger partial charge on any atom is 0.274 e. The van der Waals surface area contributed by atoms with Gasteiger partial charge >= 0.3 is 0 Å². The summed E-state index contributed by atoms with van der Waals surface area (Å²) < 4.78 is 13.4.